The number of anilines is 1. The van der Waals surface area contributed by atoms with E-state index in [1.807, 2.05) is 19.1 Å². The average Bonchev–Trinajstić information content (AvgIpc) is 2.36. The molecule has 1 aromatic carbocycles. The second-order valence-corrected chi connectivity index (χ2v) is 4.50. The highest BCUT2D eigenvalue weighted by Crippen LogP contribution is 2.19. The number of benzene rings is 1. The lowest BCUT2D eigenvalue weighted by molar-refractivity contribution is -0.122. The molecule has 106 valence electrons. The van der Waals surface area contributed by atoms with Crippen LogP contribution in [0.4, 0.5) is 5.69 Å². The first-order chi connectivity index (χ1) is 9.13. The van der Waals surface area contributed by atoms with Crippen molar-refractivity contribution < 1.29 is 14.3 Å². The van der Waals surface area contributed by atoms with Gasteiger partial charge in [-0.1, -0.05) is 19.1 Å². The van der Waals surface area contributed by atoms with Crippen LogP contribution in [0, 0.1) is 5.92 Å². The molecule has 0 aliphatic rings. The van der Waals surface area contributed by atoms with Crippen molar-refractivity contribution in [1.82, 2.24) is 5.32 Å². The third-order valence-corrected chi connectivity index (χ3v) is 2.59. The van der Waals surface area contributed by atoms with E-state index in [4.69, 9.17) is 15.2 Å². The Morgan fingerprint density at radius 3 is 2.84 bits per heavy atom. The molecule has 0 saturated heterocycles. The zero-order valence-corrected chi connectivity index (χ0v) is 11.5. The van der Waals surface area contributed by atoms with E-state index >= 15 is 0 Å². The zero-order valence-electron chi connectivity index (χ0n) is 11.5. The second kappa shape index (κ2) is 8.37. The minimum atomic E-state index is 0.00850. The number of nitrogen functional groups attached to an aromatic ring is 1. The van der Waals surface area contributed by atoms with E-state index in [9.17, 15) is 4.79 Å². The van der Waals surface area contributed by atoms with Gasteiger partial charge in [-0.3, -0.25) is 4.79 Å². The molecule has 19 heavy (non-hydrogen) atoms. The van der Waals surface area contributed by atoms with Crippen molar-refractivity contribution in [3.05, 3.63) is 24.3 Å². The van der Waals surface area contributed by atoms with E-state index in [1.165, 1.54) is 0 Å². The van der Waals surface area contributed by atoms with E-state index in [2.05, 4.69) is 5.32 Å². The SMILES string of the molecule is COCC(C)CC(=O)NCCOc1ccccc1N. The van der Waals surface area contributed by atoms with Gasteiger partial charge in [0.25, 0.3) is 0 Å². The van der Waals surface area contributed by atoms with Crippen LogP contribution < -0.4 is 15.8 Å². The Labute approximate surface area is 114 Å². The minimum Gasteiger partial charge on any atom is -0.490 e. The molecular formula is C14H22N2O3. The van der Waals surface area contributed by atoms with Gasteiger partial charge in [-0.25, -0.2) is 0 Å². The molecule has 0 radical (unpaired) electrons. The molecule has 0 aromatic heterocycles. The van der Waals surface area contributed by atoms with E-state index in [0.29, 0.717) is 37.6 Å². The van der Waals surface area contributed by atoms with Crippen LogP contribution in [0.3, 0.4) is 0 Å². The van der Waals surface area contributed by atoms with Crippen molar-refractivity contribution in [3.63, 3.8) is 0 Å². The van der Waals surface area contributed by atoms with Crippen LogP contribution in [0.1, 0.15) is 13.3 Å². The molecule has 1 unspecified atom stereocenters. The van der Waals surface area contributed by atoms with Gasteiger partial charge in [0, 0.05) is 20.1 Å². The summed E-state index contributed by atoms with van der Waals surface area (Å²) in [6.07, 6.45) is 0.460. The normalized spacial score (nSPS) is 11.9. The van der Waals surface area contributed by atoms with Gasteiger partial charge in [0.1, 0.15) is 12.4 Å². The number of carbonyl (C=O) groups excluding carboxylic acids is 1. The van der Waals surface area contributed by atoms with E-state index in [-0.39, 0.29) is 11.8 Å². The van der Waals surface area contributed by atoms with Gasteiger partial charge in [0.15, 0.2) is 0 Å². The van der Waals surface area contributed by atoms with Crippen LogP contribution >= 0.6 is 0 Å². The van der Waals surface area contributed by atoms with Crippen LogP contribution in [0.5, 0.6) is 5.75 Å². The predicted molar refractivity (Wildman–Crippen MR) is 75.0 cm³/mol. The molecule has 5 nitrogen and oxygen atoms in total. The van der Waals surface area contributed by atoms with Gasteiger partial charge >= 0.3 is 0 Å². The Morgan fingerprint density at radius 2 is 2.16 bits per heavy atom. The second-order valence-electron chi connectivity index (χ2n) is 4.50. The number of methoxy groups -OCH3 is 1. The summed E-state index contributed by atoms with van der Waals surface area (Å²) in [6, 6.07) is 7.29. The van der Waals surface area contributed by atoms with Crippen LogP contribution in [0.2, 0.25) is 0 Å². The Bertz CT molecular complexity index is 396. The van der Waals surface area contributed by atoms with E-state index in [1.54, 1.807) is 19.2 Å². The first-order valence-corrected chi connectivity index (χ1v) is 6.36. The number of carbonyl (C=O) groups is 1. The van der Waals surface area contributed by atoms with E-state index in [0.717, 1.165) is 0 Å². The van der Waals surface area contributed by atoms with Gasteiger partial charge in [-0.15, -0.1) is 0 Å². The van der Waals surface area contributed by atoms with Gasteiger partial charge in [-0.2, -0.15) is 0 Å². The zero-order chi connectivity index (χ0) is 14.1. The number of nitrogens with two attached hydrogens (primary N) is 1. The van der Waals surface area contributed by atoms with Crippen LogP contribution in [-0.4, -0.2) is 32.8 Å². The highest BCUT2D eigenvalue weighted by atomic mass is 16.5. The van der Waals surface area contributed by atoms with Gasteiger partial charge < -0.3 is 20.5 Å². The van der Waals surface area contributed by atoms with Crippen LogP contribution in [-0.2, 0) is 9.53 Å². The lowest BCUT2D eigenvalue weighted by Crippen LogP contribution is -2.29. The summed E-state index contributed by atoms with van der Waals surface area (Å²) in [5.74, 6) is 0.870. The highest BCUT2D eigenvalue weighted by molar-refractivity contribution is 5.76. The van der Waals surface area contributed by atoms with Crippen molar-refractivity contribution in [2.24, 2.45) is 5.92 Å². The summed E-state index contributed by atoms with van der Waals surface area (Å²) in [5, 5.41) is 2.80. The van der Waals surface area contributed by atoms with Crippen molar-refractivity contribution in [2.75, 3.05) is 32.6 Å². The Kier molecular flexibility index (Phi) is 6.74. The van der Waals surface area contributed by atoms with Gasteiger partial charge in [-0.05, 0) is 18.1 Å². The Balaban J connectivity index is 2.17. The van der Waals surface area contributed by atoms with Gasteiger partial charge in [0.05, 0.1) is 12.2 Å². The third kappa shape index (κ3) is 6.10. The number of rotatable bonds is 8. The molecule has 0 spiro atoms. The third-order valence-electron chi connectivity index (χ3n) is 2.59. The fourth-order valence-electron chi connectivity index (χ4n) is 1.70. The predicted octanol–water partition coefficient (Wildman–Crippen LogP) is 1.44. The Morgan fingerprint density at radius 1 is 1.42 bits per heavy atom. The molecular weight excluding hydrogens is 244 g/mol. The first-order valence-electron chi connectivity index (χ1n) is 6.36. The van der Waals surface area contributed by atoms with Crippen molar-refractivity contribution >= 4 is 11.6 Å². The Hall–Kier alpha value is -1.75. The average molecular weight is 266 g/mol. The van der Waals surface area contributed by atoms with E-state index < -0.39 is 0 Å². The molecule has 0 fully saturated rings. The number of nitrogens with one attached hydrogen (secondary N) is 1. The lowest BCUT2D eigenvalue weighted by atomic mass is 10.1. The van der Waals surface area contributed by atoms with Crippen LogP contribution in [0.25, 0.3) is 0 Å². The number of ether oxygens (including phenoxy) is 2. The standard InChI is InChI=1S/C14H22N2O3/c1-11(10-18-2)9-14(17)16-7-8-19-13-6-4-3-5-12(13)15/h3-6,11H,7-10,15H2,1-2H3,(H,16,17). The number of hydrogen-bond acceptors (Lipinski definition) is 4. The molecule has 0 aliphatic carbocycles. The maximum Gasteiger partial charge on any atom is 0.220 e. The van der Waals surface area contributed by atoms with Crippen LogP contribution in [0.15, 0.2) is 24.3 Å². The summed E-state index contributed by atoms with van der Waals surface area (Å²) < 4.78 is 10.5. The topological polar surface area (TPSA) is 73.6 Å². The summed E-state index contributed by atoms with van der Waals surface area (Å²) in [5.41, 5.74) is 6.34. The molecule has 0 heterocycles. The maximum absolute atomic E-state index is 11.6. The number of hydrogen-bond donors (Lipinski definition) is 2. The number of amides is 1. The monoisotopic (exact) mass is 266 g/mol. The summed E-state index contributed by atoms with van der Waals surface area (Å²) in [6.45, 7) is 3.43. The molecule has 1 aromatic rings. The fraction of sp³-hybridized carbons (Fsp3) is 0.500. The van der Waals surface area contributed by atoms with Gasteiger partial charge in [0.2, 0.25) is 5.91 Å². The summed E-state index contributed by atoms with van der Waals surface area (Å²) in [4.78, 5) is 11.6. The highest BCUT2D eigenvalue weighted by Gasteiger charge is 2.08. The molecule has 1 atom stereocenters. The smallest absolute Gasteiger partial charge is 0.220 e. The maximum atomic E-state index is 11.6. The summed E-state index contributed by atoms with van der Waals surface area (Å²) in [7, 11) is 1.63. The minimum absolute atomic E-state index is 0.00850. The molecule has 0 bridgehead atoms. The van der Waals surface area contributed by atoms with Crippen molar-refractivity contribution in [3.8, 4) is 5.75 Å². The molecule has 5 heteroatoms. The van der Waals surface area contributed by atoms with Crippen molar-refractivity contribution in [1.29, 1.82) is 0 Å². The molecule has 1 rings (SSSR count). The molecule has 3 N–H and O–H groups in total. The molecule has 1 amide bonds. The quantitative estimate of drug-likeness (QED) is 0.551. The lowest BCUT2D eigenvalue weighted by Gasteiger charge is -2.11. The first kappa shape index (κ1) is 15.3. The molecule has 0 aliphatic heterocycles. The largest absolute Gasteiger partial charge is 0.490 e. The fourth-order valence-corrected chi connectivity index (χ4v) is 1.70. The summed E-state index contributed by atoms with van der Waals surface area (Å²) >= 11 is 0. The molecule has 0 saturated carbocycles. The van der Waals surface area contributed by atoms with Crippen molar-refractivity contribution in [2.45, 2.75) is 13.3 Å². The number of para-hydroxylation sites is 2.